The summed E-state index contributed by atoms with van der Waals surface area (Å²) in [5.41, 5.74) is 1.73. The quantitative estimate of drug-likeness (QED) is 0.186. The minimum Gasteiger partial charge on any atom is -0.462 e. The first-order valence-electron chi connectivity index (χ1n) is 11.6. The number of pyridine rings is 3. The average molecular weight is 494 g/mol. The number of hydrogen-bond donors (Lipinski definition) is 2. The number of anilines is 3. The van der Waals surface area contributed by atoms with Crippen molar-refractivity contribution in [1.82, 2.24) is 15.0 Å². The molecule has 1 fully saturated rings. The van der Waals surface area contributed by atoms with Gasteiger partial charge in [0.1, 0.15) is 23.7 Å². The summed E-state index contributed by atoms with van der Waals surface area (Å²) < 4.78 is 10.6. The maximum Gasteiger partial charge on any atom is 0.340 e. The molecule has 0 bridgehead atoms. The van der Waals surface area contributed by atoms with Crippen LogP contribution in [0.5, 0.6) is 0 Å². The number of hydrogen-bond acceptors (Lipinski definition) is 11. The van der Waals surface area contributed by atoms with Gasteiger partial charge in [0, 0.05) is 55.8 Å². The molecule has 3 aromatic rings. The molecule has 188 valence electrons. The molecule has 4 rings (SSSR count). The second kappa shape index (κ2) is 11.9. The van der Waals surface area contributed by atoms with E-state index in [2.05, 4.69) is 30.5 Å². The molecule has 0 atom stereocenters. The number of nitrogens with one attached hydrogen (secondary N) is 2. The molecule has 0 spiro atoms. The number of carbonyl (C=O) groups excluding carboxylic acids is 1. The van der Waals surface area contributed by atoms with E-state index < -0.39 is 10.9 Å². The first-order chi connectivity index (χ1) is 17.5. The van der Waals surface area contributed by atoms with Gasteiger partial charge in [0.25, 0.3) is 5.69 Å². The van der Waals surface area contributed by atoms with Crippen molar-refractivity contribution in [2.45, 2.75) is 6.92 Å². The van der Waals surface area contributed by atoms with Crippen molar-refractivity contribution in [1.29, 1.82) is 0 Å². The molecule has 3 aromatic heterocycles. The van der Waals surface area contributed by atoms with Crippen LogP contribution in [0.25, 0.3) is 11.1 Å². The SMILES string of the molecule is CCOC(=O)c1cnc(NCCNc2ccc([N+](=O)[O-])cn2)cc1-c1ccc(N2CCOCC2)nc1. The van der Waals surface area contributed by atoms with Crippen molar-refractivity contribution in [2.75, 3.05) is 61.5 Å². The van der Waals surface area contributed by atoms with Gasteiger partial charge in [-0.25, -0.2) is 19.7 Å². The largest absolute Gasteiger partial charge is 0.462 e. The van der Waals surface area contributed by atoms with Crippen molar-refractivity contribution in [3.8, 4) is 11.1 Å². The average Bonchev–Trinajstić information content (AvgIpc) is 2.92. The molecule has 1 saturated heterocycles. The van der Waals surface area contributed by atoms with Gasteiger partial charge < -0.3 is 25.0 Å². The van der Waals surface area contributed by atoms with Crippen LogP contribution >= 0.6 is 0 Å². The molecular weight excluding hydrogens is 466 g/mol. The molecule has 1 aliphatic rings. The predicted molar refractivity (Wildman–Crippen MR) is 134 cm³/mol. The molecule has 12 heteroatoms. The molecule has 0 aromatic carbocycles. The zero-order chi connectivity index (χ0) is 25.3. The minimum atomic E-state index is -0.493. The zero-order valence-electron chi connectivity index (χ0n) is 19.8. The van der Waals surface area contributed by atoms with E-state index in [0.29, 0.717) is 49.1 Å². The smallest absolute Gasteiger partial charge is 0.340 e. The monoisotopic (exact) mass is 493 g/mol. The Labute approximate surface area is 207 Å². The molecule has 12 nitrogen and oxygen atoms in total. The summed E-state index contributed by atoms with van der Waals surface area (Å²) in [6.07, 6.45) is 4.45. The molecule has 0 unspecified atom stereocenters. The van der Waals surface area contributed by atoms with Crippen LogP contribution < -0.4 is 15.5 Å². The summed E-state index contributed by atoms with van der Waals surface area (Å²) in [6.45, 7) is 5.92. The Morgan fingerprint density at radius 1 is 1.06 bits per heavy atom. The first kappa shape index (κ1) is 24.8. The maximum atomic E-state index is 12.6. The van der Waals surface area contributed by atoms with Crippen LogP contribution in [-0.4, -0.2) is 71.8 Å². The Kier molecular flexibility index (Phi) is 8.19. The topological polar surface area (TPSA) is 145 Å². The van der Waals surface area contributed by atoms with Crippen LogP contribution in [0.15, 0.2) is 48.9 Å². The molecule has 36 heavy (non-hydrogen) atoms. The number of morpholine rings is 1. The van der Waals surface area contributed by atoms with Gasteiger partial charge in [-0.2, -0.15) is 0 Å². The molecule has 0 saturated carbocycles. The molecule has 1 aliphatic heterocycles. The molecule has 0 aliphatic carbocycles. The van der Waals surface area contributed by atoms with E-state index in [-0.39, 0.29) is 12.3 Å². The number of nitrogens with zero attached hydrogens (tertiary/aromatic N) is 5. The highest BCUT2D eigenvalue weighted by atomic mass is 16.6. The fraction of sp³-hybridized carbons (Fsp3) is 0.333. The Morgan fingerprint density at radius 2 is 1.81 bits per heavy atom. The van der Waals surface area contributed by atoms with Gasteiger partial charge in [-0.05, 0) is 31.2 Å². The Morgan fingerprint density at radius 3 is 2.44 bits per heavy atom. The van der Waals surface area contributed by atoms with E-state index in [9.17, 15) is 14.9 Å². The van der Waals surface area contributed by atoms with Gasteiger partial charge >= 0.3 is 5.97 Å². The number of ether oxygens (including phenoxy) is 2. The summed E-state index contributed by atoms with van der Waals surface area (Å²) >= 11 is 0. The Balaban J connectivity index is 1.45. The summed E-state index contributed by atoms with van der Waals surface area (Å²) in [5, 5.41) is 17.0. The fourth-order valence-electron chi connectivity index (χ4n) is 3.67. The minimum absolute atomic E-state index is 0.0652. The highest BCUT2D eigenvalue weighted by Crippen LogP contribution is 2.27. The molecule has 0 amide bonds. The van der Waals surface area contributed by atoms with E-state index in [1.165, 1.54) is 18.5 Å². The fourth-order valence-corrected chi connectivity index (χ4v) is 3.67. The highest BCUT2D eigenvalue weighted by Gasteiger charge is 2.18. The van der Waals surface area contributed by atoms with Crippen LogP contribution in [-0.2, 0) is 9.47 Å². The third kappa shape index (κ3) is 6.21. The Bertz CT molecular complexity index is 1180. The van der Waals surface area contributed by atoms with Crippen molar-refractivity contribution in [2.24, 2.45) is 0 Å². The summed E-state index contributed by atoms with van der Waals surface area (Å²) in [7, 11) is 0. The van der Waals surface area contributed by atoms with Gasteiger partial charge in [-0.3, -0.25) is 10.1 Å². The number of nitro groups is 1. The van der Waals surface area contributed by atoms with Crippen LogP contribution in [0.2, 0.25) is 0 Å². The van der Waals surface area contributed by atoms with E-state index in [0.717, 1.165) is 24.5 Å². The standard InChI is InChI=1S/C24H27N7O5/c1-2-36-24(32)20-16-28-22(26-8-7-25-21-5-4-18(15-27-21)31(33)34)13-19(20)17-3-6-23(29-14-17)30-9-11-35-12-10-30/h3-6,13-16H,2,7-12H2,1H3,(H,25,27)(H,26,28). The number of rotatable bonds is 10. The lowest BCUT2D eigenvalue weighted by molar-refractivity contribution is -0.385. The van der Waals surface area contributed by atoms with Gasteiger partial charge in [0.05, 0.1) is 30.3 Å². The summed E-state index contributed by atoms with van der Waals surface area (Å²) in [4.78, 5) is 38.0. The number of carbonyl (C=O) groups is 1. The van der Waals surface area contributed by atoms with Crippen LogP contribution in [0.1, 0.15) is 17.3 Å². The van der Waals surface area contributed by atoms with Crippen LogP contribution in [0, 0.1) is 10.1 Å². The molecule has 0 radical (unpaired) electrons. The van der Waals surface area contributed by atoms with E-state index in [1.807, 2.05) is 12.1 Å². The van der Waals surface area contributed by atoms with E-state index in [1.54, 1.807) is 25.3 Å². The maximum absolute atomic E-state index is 12.6. The van der Waals surface area contributed by atoms with Crippen molar-refractivity contribution >= 4 is 29.1 Å². The van der Waals surface area contributed by atoms with Gasteiger partial charge in [0.15, 0.2) is 0 Å². The summed E-state index contributed by atoms with van der Waals surface area (Å²) in [6, 6.07) is 8.60. The highest BCUT2D eigenvalue weighted by molar-refractivity contribution is 5.97. The molecule has 2 N–H and O–H groups in total. The lowest BCUT2D eigenvalue weighted by atomic mass is 10.0. The van der Waals surface area contributed by atoms with Gasteiger partial charge in [-0.15, -0.1) is 0 Å². The van der Waals surface area contributed by atoms with Crippen molar-refractivity contribution in [3.05, 3.63) is 64.6 Å². The van der Waals surface area contributed by atoms with Crippen LogP contribution in [0.3, 0.4) is 0 Å². The normalized spacial score (nSPS) is 13.2. The molecular formula is C24H27N7O5. The lowest BCUT2D eigenvalue weighted by Gasteiger charge is -2.27. The first-order valence-corrected chi connectivity index (χ1v) is 11.6. The second-order valence-corrected chi connectivity index (χ2v) is 7.85. The lowest BCUT2D eigenvalue weighted by Crippen LogP contribution is -2.36. The van der Waals surface area contributed by atoms with Gasteiger partial charge in [0.2, 0.25) is 0 Å². The van der Waals surface area contributed by atoms with Crippen molar-refractivity contribution < 1.29 is 19.2 Å². The van der Waals surface area contributed by atoms with E-state index in [4.69, 9.17) is 9.47 Å². The molecule has 4 heterocycles. The Hall–Kier alpha value is -4.32. The predicted octanol–water partition coefficient (Wildman–Crippen LogP) is 2.98. The van der Waals surface area contributed by atoms with Crippen molar-refractivity contribution in [3.63, 3.8) is 0 Å². The number of esters is 1. The van der Waals surface area contributed by atoms with E-state index >= 15 is 0 Å². The third-order valence-corrected chi connectivity index (χ3v) is 5.49. The van der Waals surface area contributed by atoms with Crippen LogP contribution in [0.4, 0.5) is 23.1 Å². The zero-order valence-corrected chi connectivity index (χ0v) is 19.8. The second-order valence-electron chi connectivity index (χ2n) is 7.85. The third-order valence-electron chi connectivity index (χ3n) is 5.49. The number of aromatic nitrogens is 3. The summed E-state index contributed by atoms with van der Waals surface area (Å²) in [5.74, 6) is 1.52. The van der Waals surface area contributed by atoms with Gasteiger partial charge in [-0.1, -0.05) is 0 Å².